The number of hydrogen-bond acceptors (Lipinski definition) is 4. The van der Waals surface area contributed by atoms with E-state index in [2.05, 4.69) is 25.9 Å². The van der Waals surface area contributed by atoms with Crippen LogP contribution in [0.25, 0.3) is 11.2 Å². The number of fused-ring (bicyclic) bond motifs is 1. The molecule has 1 aliphatic heterocycles. The summed E-state index contributed by atoms with van der Waals surface area (Å²) in [4.78, 5) is 21.9. The zero-order valence-electron chi connectivity index (χ0n) is 11.5. The Morgan fingerprint density at radius 3 is 2.95 bits per heavy atom. The van der Waals surface area contributed by atoms with Crippen LogP contribution in [0, 0.1) is 4.77 Å². The summed E-state index contributed by atoms with van der Waals surface area (Å²) in [7, 11) is 0. The topological polar surface area (TPSA) is 63.1 Å². The third kappa shape index (κ3) is 2.75. The van der Waals surface area contributed by atoms with Gasteiger partial charge in [0.15, 0.2) is 10.4 Å². The molecule has 3 heterocycles. The van der Waals surface area contributed by atoms with Gasteiger partial charge in [-0.3, -0.25) is 9.36 Å². The van der Waals surface area contributed by atoms with Crippen molar-refractivity contribution >= 4 is 45.2 Å². The van der Waals surface area contributed by atoms with Crippen molar-refractivity contribution in [2.24, 2.45) is 0 Å². The summed E-state index contributed by atoms with van der Waals surface area (Å²) < 4.78 is 8.43. The second-order valence-corrected chi connectivity index (χ2v) is 6.24. The highest BCUT2D eigenvalue weighted by Crippen LogP contribution is 2.22. The molecule has 0 saturated carbocycles. The van der Waals surface area contributed by atoms with Gasteiger partial charge in [0.05, 0.1) is 18.7 Å². The highest BCUT2D eigenvalue weighted by atomic mass is 79.9. The van der Waals surface area contributed by atoms with E-state index in [1.165, 1.54) is 0 Å². The summed E-state index contributed by atoms with van der Waals surface area (Å²) in [6.45, 7) is 4.27. The first-order valence-electron chi connectivity index (χ1n) is 6.70. The first kappa shape index (κ1) is 14.7. The molecule has 1 fully saturated rings. The van der Waals surface area contributed by atoms with Crippen LogP contribution in [0.3, 0.4) is 0 Å². The van der Waals surface area contributed by atoms with E-state index in [0.29, 0.717) is 36.7 Å². The number of rotatable bonds is 2. The highest BCUT2D eigenvalue weighted by molar-refractivity contribution is 9.10. The molecule has 1 atom stereocenters. The Bertz CT molecular complexity index is 735. The Hall–Kier alpha value is -1.25. The number of nitrogens with one attached hydrogen (secondary N) is 1. The van der Waals surface area contributed by atoms with E-state index in [1.807, 2.05) is 17.9 Å². The normalized spacial score (nSPS) is 17.1. The van der Waals surface area contributed by atoms with Crippen molar-refractivity contribution in [1.82, 2.24) is 19.4 Å². The first-order valence-corrected chi connectivity index (χ1v) is 7.90. The number of nitrogens with zero attached hydrogens (tertiary/aromatic N) is 3. The third-order valence-corrected chi connectivity index (χ3v) is 4.32. The number of aromatic nitrogens is 3. The molecule has 1 N–H and O–H groups in total. The molecular formula is C13H15BrN4O2S. The Kier molecular flexibility index (Phi) is 4.10. The van der Waals surface area contributed by atoms with Crippen LogP contribution in [0.5, 0.6) is 0 Å². The summed E-state index contributed by atoms with van der Waals surface area (Å²) in [5, 5.41) is 0. The number of halogens is 1. The largest absolute Gasteiger partial charge is 0.378 e. The summed E-state index contributed by atoms with van der Waals surface area (Å²) in [6.07, 6.45) is 1.70. The number of ether oxygens (including phenoxy) is 1. The SMILES string of the molecule is CC(C(=O)N1CCOCC1)n1c(=S)[nH]c2cc(Br)cnc21. The fourth-order valence-corrected chi connectivity index (χ4v) is 3.19. The summed E-state index contributed by atoms with van der Waals surface area (Å²) in [6, 6.07) is 1.51. The van der Waals surface area contributed by atoms with Gasteiger partial charge in [0.1, 0.15) is 6.04 Å². The fraction of sp³-hybridized carbons (Fsp3) is 0.462. The fourth-order valence-electron chi connectivity index (χ4n) is 2.51. The molecule has 1 unspecified atom stereocenters. The number of H-pyrrole nitrogens is 1. The minimum absolute atomic E-state index is 0.0417. The average Bonchev–Trinajstić information content (AvgIpc) is 2.81. The van der Waals surface area contributed by atoms with E-state index in [4.69, 9.17) is 17.0 Å². The van der Waals surface area contributed by atoms with Gasteiger partial charge in [0.2, 0.25) is 5.91 Å². The van der Waals surface area contributed by atoms with Gasteiger partial charge in [0.25, 0.3) is 0 Å². The molecule has 2 aromatic rings. The second-order valence-electron chi connectivity index (χ2n) is 4.94. The lowest BCUT2D eigenvalue weighted by molar-refractivity contribution is -0.138. The Balaban J connectivity index is 1.97. The predicted octanol–water partition coefficient (Wildman–Crippen LogP) is 2.28. The van der Waals surface area contributed by atoms with Crippen LogP contribution in [0.2, 0.25) is 0 Å². The van der Waals surface area contributed by atoms with Gasteiger partial charge in [0, 0.05) is 23.8 Å². The highest BCUT2D eigenvalue weighted by Gasteiger charge is 2.25. The smallest absolute Gasteiger partial charge is 0.245 e. The van der Waals surface area contributed by atoms with E-state index in [1.54, 1.807) is 10.8 Å². The van der Waals surface area contributed by atoms with Crippen LogP contribution in [0.15, 0.2) is 16.7 Å². The van der Waals surface area contributed by atoms with Crippen molar-refractivity contribution in [3.05, 3.63) is 21.5 Å². The van der Waals surface area contributed by atoms with Gasteiger partial charge in [-0.15, -0.1) is 0 Å². The van der Waals surface area contributed by atoms with Gasteiger partial charge in [-0.05, 0) is 41.1 Å². The van der Waals surface area contributed by atoms with E-state index in [0.717, 1.165) is 9.99 Å². The molecular weight excluding hydrogens is 356 g/mol. The average molecular weight is 371 g/mol. The van der Waals surface area contributed by atoms with Crippen molar-refractivity contribution < 1.29 is 9.53 Å². The Morgan fingerprint density at radius 1 is 1.52 bits per heavy atom. The van der Waals surface area contributed by atoms with Crippen LogP contribution in [-0.2, 0) is 9.53 Å². The third-order valence-electron chi connectivity index (χ3n) is 3.59. The lowest BCUT2D eigenvalue weighted by Gasteiger charge is -2.29. The number of pyridine rings is 1. The van der Waals surface area contributed by atoms with Crippen molar-refractivity contribution in [2.45, 2.75) is 13.0 Å². The van der Waals surface area contributed by atoms with Crippen molar-refractivity contribution in [1.29, 1.82) is 0 Å². The summed E-state index contributed by atoms with van der Waals surface area (Å²) in [5.41, 5.74) is 1.51. The molecule has 1 saturated heterocycles. The minimum atomic E-state index is -0.391. The molecule has 1 aliphatic rings. The van der Waals surface area contributed by atoms with E-state index < -0.39 is 6.04 Å². The number of morpholine rings is 1. The standard InChI is InChI=1S/C13H15BrN4O2S/c1-8(12(19)17-2-4-20-5-3-17)18-11-10(16-13(18)21)6-9(14)7-15-11/h6-8H,2-5H2,1H3,(H,16,21). The maximum Gasteiger partial charge on any atom is 0.245 e. The Morgan fingerprint density at radius 2 is 2.24 bits per heavy atom. The molecule has 0 spiro atoms. The van der Waals surface area contributed by atoms with E-state index in [-0.39, 0.29) is 5.91 Å². The summed E-state index contributed by atoms with van der Waals surface area (Å²) >= 11 is 8.73. The van der Waals surface area contributed by atoms with Crippen LogP contribution >= 0.6 is 28.1 Å². The maximum absolute atomic E-state index is 12.6. The molecule has 8 heteroatoms. The lowest BCUT2D eigenvalue weighted by Crippen LogP contribution is -2.43. The quantitative estimate of drug-likeness (QED) is 0.823. The number of carbonyl (C=O) groups is 1. The van der Waals surface area contributed by atoms with Gasteiger partial charge in [-0.2, -0.15) is 0 Å². The molecule has 21 heavy (non-hydrogen) atoms. The van der Waals surface area contributed by atoms with Crippen molar-refractivity contribution in [3.63, 3.8) is 0 Å². The zero-order valence-corrected chi connectivity index (χ0v) is 13.9. The van der Waals surface area contributed by atoms with Crippen LogP contribution in [0.4, 0.5) is 0 Å². The number of carbonyl (C=O) groups excluding carboxylic acids is 1. The molecule has 2 aromatic heterocycles. The zero-order chi connectivity index (χ0) is 15.0. The molecule has 0 aliphatic carbocycles. The lowest BCUT2D eigenvalue weighted by atomic mass is 10.2. The van der Waals surface area contributed by atoms with Crippen LogP contribution < -0.4 is 0 Å². The Labute approximate surface area is 135 Å². The number of hydrogen-bond donors (Lipinski definition) is 1. The number of imidazole rings is 1. The van der Waals surface area contributed by atoms with Crippen molar-refractivity contribution in [2.75, 3.05) is 26.3 Å². The molecule has 0 aromatic carbocycles. The second kappa shape index (κ2) is 5.86. The molecule has 0 radical (unpaired) electrons. The molecule has 1 amide bonds. The molecule has 3 rings (SSSR count). The van der Waals surface area contributed by atoms with Gasteiger partial charge >= 0.3 is 0 Å². The summed E-state index contributed by atoms with van der Waals surface area (Å²) in [5.74, 6) is 0.0417. The number of aromatic amines is 1. The van der Waals surface area contributed by atoms with E-state index in [9.17, 15) is 4.79 Å². The molecule has 6 nitrogen and oxygen atoms in total. The van der Waals surface area contributed by atoms with Crippen LogP contribution in [0.1, 0.15) is 13.0 Å². The van der Waals surface area contributed by atoms with Gasteiger partial charge < -0.3 is 14.6 Å². The minimum Gasteiger partial charge on any atom is -0.378 e. The van der Waals surface area contributed by atoms with Crippen molar-refractivity contribution in [3.8, 4) is 0 Å². The predicted molar refractivity (Wildman–Crippen MR) is 84.7 cm³/mol. The molecule has 0 bridgehead atoms. The number of amides is 1. The monoisotopic (exact) mass is 370 g/mol. The van der Waals surface area contributed by atoms with E-state index >= 15 is 0 Å². The van der Waals surface area contributed by atoms with Crippen LogP contribution in [-0.4, -0.2) is 51.6 Å². The van der Waals surface area contributed by atoms with Gasteiger partial charge in [-0.1, -0.05) is 0 Å². The molecule has 112 valence electrons. The first-order chi connectivity index (χ1) is 10.1. The van der Waals surface area contributed by atoms with Gasteiger partial charge in [-0.25, -0.2) is 4.98 Å². The maximum atomic E-state index is 12.6.